The van der Waals surface area contributed by atoms with Crippen LogP contribution in [0.2, 0.25) is 0 Å². The zero-order valence-corrected chi connectivity index (χ0v) is 8.23. The van der Waals surface area contributed by atoms with Gasteiger partial charge in [-0.15, -0.1) is 0 Å². The summed E-state index contributed by atoms with van der Waals surface area (Å²) in [6.07, 6.45) is 2.48. The molecule has 0 bridgehead atoms. The van der Waals surface area contributed by atoms with Crippen LogP contribution < -0.4 is 11.1 Å². The molecule has 4 N–H and O–H groups in total. The van der Waals surface area contributed by atoms with E-state index in [9.17, 15) is 4.79 Å². The second-order valence-corrected chi connectivity index (χ2v) is 2.98. The number of allylic oxidation sites excluding steroid dienone is 1. The lowest BCUT2D eigenvalue weighted by molar-refractivity contribution is -0.119. The average Bonchev–Trinajstić information content (AvgIpc) is 2.27. The molecule has 0 aliphatic carbocycles. The third-order valence-corrected chi connectivity index (χ3v) is 1.83. The summed E-state index contributed by atoms with van der Waals surface area (Å²) in [6.45, 7) is 0. The molecular weight excluding hydrogens is 190 g/mol. The summed E-state index contributed by atoms with van der Waals surface area (Å²) in [5, 5.41) is 9.46. The van der Waals surface area contributed by atoms with Gasteiger partial charge in [-0.1, -0.05) is 30.3 Å². The SMILES string of the molecule is N=C/C(=C\N)NC(=O)Cc1ccccc1. The molecule has 0 atom stereocenters. The van der Waals surface area contributed by atoms with Gasteiger partial charge in [0.05, 0.1) is 12.1 Å². The van der Waals surface area contributed by atoms with Crippen molar-refractivity contribution in [1.29, 1.82) is 5.41 Å². The van der Waals surface area contributed by atoms with E-state index in [1.165, 1.54) is 6.20 Å². The van der Waals surface area contributed by atoms with E-state index >= 15 is 0 Å². The fourth-order valence-corrected chi connectivity index (χ4v) is 1.11. The molecule has 0 fully saturated rings. The van der Waals surface area contributed by atoms with Crippen LogP contribution in [-0.4, -0.2) is 12.1 Å². The summed E-state index contributed by atoms with van der Waals surface area (Å²) < 4.78 is 0. The number of hydrogen-bond donors (Lipinski definition) is 3. The lowest BCUT2D eigenvalue weighted by Gasteiger charge is -2.04. The Bertz CT molecular complexity index is 371. The summed E-state index contributed by atoms with van der Waals surface area (Å²) in [5.74, 6) is -0.179. The Morgan fingerprint density at radius 2 is 2.07 bits per heavy atom. The van der Waals surface area contributed by atoms with Crippen LogP contribution in [0.15, 0.2) is 42.2 Å². The number of nitrogens with one attached hydrogen (secondary N) is 2. The van der Waals surface area contributed by atoms with Crippen LogP contribution in [0.5, 0.6) is 0 Å². The van der Waals surface area contributed by atoms with Gasteiger partial charge in [0, 0.05) is 12.4 Å². The molecule has 1 amide bonds. The van der Waals surface area contributed by atoms with Crippen molar-refractivity contribution >= 4 is 12.1 Å². The highest BCUT2D eigenvalue weighted by Crippen LogP contribution is 1.99. The number of rotatable bonds is 4. The van der Waals surface area contributed by atoms with E-state index in [1.54, 1.807) is 0 Å². The second kappa shape index (κ2) is 5.59. The molecule has 0 aromatic heterocycles. The standard InChI is InChI=1S/C11H13N3O/c12-7-10(8-13)14-11(15)6-9-4-2-1-3-5-9/h1-5,7-8,12H,6,13H2,(H,14,15)/b10-8+,12-7?. The predicted octanol–water partition coefficient (Wildman–Crippen LogP) is 0.795. The minimum atomic E-state index is -0.179. The second-order valence-electron chi connectivity index (χ2n) is 2.98. The van der Waals surface area contributed by atoms with E-state index in [4.69, 9.17) is 11.1 Å². The first-order chi connectivity index (χ1) is 7.26. The highest BCUT2D eigenvalue weighted by atomic mass is 16.1. The van der Waals surface area contributed by atoms with Crippen molar-refractivity contribution in [2.75, 3.05) is 0 Å². The molecule has 1 aromatic rings. The Kier molecular flexibility index (Phi) is 4.09. The van der Waals surface area contributed by atoms with Gasteiger partial charge in [0.25, 0.3) is 0 Å². The van der Waals surface area contributed by atoms with Crippen LogP contribution in [-0.2, 0) is 11.2 Å². The number of hydrogen-bond acceptors (Lipinski definition) is 3. The van der Waals surface area contributed by atoms with Gasteiger partial charge >= 0.3 is 0 Å². The molecule has 0 heterocycles. The minimum absolute atomic E-state index is 0.179. The highest BCUT2D eigenvalue weighted by Gasteiger charge is 2.03. The molecule has 0 unspecified atom stereocenters. The molecule has 4 heteroatoms. The summed E-state index contributed by atoms with van der Waals surface area (Å²) >= 11 is 0. The molecular formula is C11H13N3O. The molecule has 78 valence electrons. The quantitative estimate of drug-likeness (QED) is 0.633. The topological polar surface area (TPSA) is 79.0 Å². The maximum absolute atomic E-state index is 11.4. The first-order valence-electron chi connectivity index (χ1n) is 4.52. The Labute approximate surface area is 88.3 Å². The van der Waals surface area contributed by atoms with Crippen LogP contribution in [0.25, 0.3) is 0 Å². The third kappa shape index (κ3) is 3.64. The number of carbonyl (C=O) groups excluding carboxylic acids is 1. The lowest BCUT2D eigenvalue weighted by Crippen LogP contribution is -2.25. The van der Waals surface area contributed by atoms with Gasteiger partial charge in [0.1, 0.15) is 0 Å². The maximum Gasteiger partial charge on any atom is 0.228 e. The van der Waals surface area contributed by atoms with Crippen LogP contribution in [0.1, 0.15) is 5.56 Å². The molecule has 0 spiro atoms. The molecule has 0 saturated carbocycles. The molecule has 15 heavy (non-hydrogen) atoms. The largest absolute Gasteiger partial charge is 0.403 e. The third-order valence-electron chi connectivity index (χ3n) is 1.83. The van der Waals surface area contributed by atoms with Crippen LogP contribution in [0, 0.1) is 5.41 Å². The molecule has 0 saturated heterocycles. The molecule has 0 radical (unpaired) electrons. The zero-order chi connectivity index (χ0) is 11.1. The van der Waals surface area contributed by atoms with E-state index < -0.39 is 0 Å². The predicted molar refractivity (Wildman–Crippen MR) is 59.3 cm³/mol. The van der Waals surface area contributed by atoms with Gasteiger partial charge in [0.15, 0.2) is 0 Å². The van der Waals surface area contributed by atoms with Crippen molar-refractivity contribution in [1.82, 2.24) is 5.32 Å². The van der Waals surface area contributed by atoms with Gasteiger partial charge in [-0.25, -0.2) is 0 Å². The number of amides is 1. The van der Waals surface area contributed by atoms with Gasteiger partial charge in [-0.05, 0) is 5.56 Å². The Hall–Kier alpha value is -2.10. The normalized spacial score (nSPS) is 10.8. The average molecular weight is 203 g/mol. The first-order valence-corrected chi connectivity index (χ1v) is 4.52. The van der Waals surface area contributed by atoms with Crippen molar-refractivity contribution in [3.05, 3.63) is 47.8 Å². The van der Waals surface area contributed by atoms with E-state index in [-0.39, 0.29) is 12.3 Å². The number of nitrogens with two attached hydrogens (primary N) is 1. The van der Waals surface area contributed by atoms with E-state index in [2.05, 4.69) is 5.32 Å². The number of benzene rings is 1. The van der Waals surface area contributed by atoms with Crippen molar-refractivity contribution in [3.63, 3.8) is 0 Å². The van der Waals surface area contributed by atoms with Crippen molar-refractivity contribution < 1.29 is 4.79 Å². The highest BCUT2D eigenvalue weighted by molar-refractivity contribution is 5.87. The summed E-state index contributed by atoms with van der Waals surface area (Å²) in [6, 6.07) is 9.38. The first kappa shape index (κ1) is 11.0. The monoisotopic (exact) mass is 203 g/mol. The molecule has 0 aliphatic heterocycles. The van der Waals surface area contributed by atoms with Crippen molar-refractivity contribution in [2.45, 2.75) is 6.42 Å². The van der Waals surface area contributed by atoms with Crippen LogP contribution >= 0.6 is 0 Å². The van der Waals surface area contributed by atoms with Gasteiger partial charge in [-0.3, -0.25) is 4.79 Å². The number of carbonyl (C=O) groups is 1. The van der Waals surface area contributed by atoms with E-state index in [1.807, 2.05) is 30.3 Å². The Morgan fingerprint density at radius 1 is 1.40 bits per heavy atom. The fourth-order valence-electron chi connectivity index (χ4n) is 1.11. The minimum Gasteiger partial charge on any atom is -0.403 e. The van der Waals surface area contributed by atoms with Crippen molar-refractivity contribution in [2.24, 2.45) is 5.73 Å². The molecule has 4 nitrogen and oxygen atoms in total. The van der Waals surface area contributed by atoms with Gasteiger partial charge < -0.3 is 16.5 Å². The fraction of sp³-hybridized carbons (Fsp3) is 0.0909. The summed E-state index contributed by atoms with van der Waals surface area (Å²) in [4.78, 5) is 11.4. The summed E-state index contributed by atoms with van der Waals surface area (Å²) in [5.41, 5.74) is 6.43. The maximum atomic E-state index is 11.4. The molecule has 0 aliphatic rings. The van der Waals surface area contributed by atoms with Gasteiger partial charge in [-0.2, -0.15) is 0 Å². The Balaban J connectivity index is 2.54. The van der Waals surface area contributed by atoms with Crippen LogP contribution in [0.3, 0.4) is 0 Å². The lowest BCUT2D eigenvalue weighted by atomic mass is 10.1. The molecule has 1 rings (SSSR count). The summed E-state index contributed by atoms with van der Waals surface area (Å²) in [7, 11) is 0. The molecule has 1 aromatic carbocycles. The smallest absolute Gasteiger partial charge is 0.228 e. The van der Waals surface area contributed by atoms with Crippen molar-refractivity contribution in [3.8, 4) is 0 Å². The van der Waals surface area contributed by atoms with E-state index in [0.29, 0.717) is 5.70 Å². The van der Waals surface area contributed by atoms with E-state index in [0.717, 1.165) is 11.8 Å². The zero-order valence-electron chi connectivity index (χ0n) is 8.23. The Morgan fingerprint density at radius 3 is 2.60 bits per heavy atom. The van der Waals surface area contributed by atoms with Gasteiger partial charge in [0.2, 0.25) is 5.91 Å². The van der Waals surface area contributed by atoms with Crippen LogP contribution in [0.4, 0.5) is 0 Å².